The first-order valence-corrected chi connectivity index (χ1v) is 12.5. The van der Waals surface area contributed by atoms with Crippen LogP contribution >= 0.6 is 11.3 Å². The minimum absolute atomic E-state index is 0.224. The van der Waals surface area contributed by atoms with E-state index in [2.05, 4.69) is 44.3 Å². The van der Waals surface area contributed by atoms with Crippen molar-refractivity contribution in [1.82, 2.24) is 25.5 Å². The molecule has 1 saturated heterocycles. The number of piperidine rings is 1. The van der Waals surface area contributed by atoms with Gasteiger partial charge in [-0.3, -0.25) is 14.7 Å². The van der Waals surface area contributed by atoms with Crippen LogP contribution in [0.5, 0.6) is 0 Å². The van der Waals surface area contributed by atoms with Gasteiger partial charge in [0.15, 0.2) is 5.01 Å². The van der Waals surface area contributed by atoms with Crippen molar-refractivity contribution >= 4 is 34.0 Å². The van der Waals surface area contributed by atoms with E-state index in [-0.39, 0.29) is 23.8 Å². The van der Waals surface area contributed by atoms with Crippen LogP contribution in [0.3, 0.4) is 0 Å². The van der Waals surface area contributed by atoms with E-state index in [0.717, 1.165) is 30.1 Å². The third-order valence-corrected chi connectivity index (χ3v) is 7.62. The summed E-state index contributed by atoms with van der Waals surface area (Å²) in [7, 11) is 0. The average molecular weight is 484 g/mol. The van der Waals surface area contributed by atoms with E-state index in [1.54, 1.807) is 12.1 Å². The molecular formula is C24H28FN6O2S-. The molecule has 0 spiro atoms. The van der Waals surface area contributed by atoms with Gasteiger partial charge in [0.25, 0.3) is 5.91 Å². The molecular weight excluding hydrogens is 455 g/mol. The fourth-order valence-corrected chi connectivity index (χ4v) is 5.61. The number of H-pyrrole nitrogens is 1. The van der Waals surface area contributed by atoms with E-state index < -0.39 is 5.90 Å². The highest BCUT2D eigenvalue weighted by molar-refractivity contribution is 7.13. The zero-order valence-corrected chi connectivity index (χ0v) is 20.0. The number of amides is 1. The Balaban J connectivity index is 1.30. The van der Waals surface area contributed by atoms with Crippen LogP contribution in [0.2, 0.25) is 0 Å². The van der Waals surface area contributed by atoms with Crippen molar-refractivity contribution in [3.05, 3.63) is 51.4 Å². The molecule has 4 heterocycles. The molecule has 2 aromatic heterocycles. The monoisotopic (exact) mass is 483 g/mol. The van der Waals surface area contributed by atoms with Crippen LogP contribution in [0.4, 0.5) is 4.39 Å². The number of aromatic nitrogens is 2. The standard InChI is InChI=1S/C24H29FN6O2S/c1-13(2)31-8-6-18-21(12-31)34-24(30-18)23(33)29-20-11-26-7-5-17(20)28-22(32)19-10-14-9-15(25)3-4-16(14)27-19/h3-4,9-10,13,17,20,26-27H,5-8,11-12H2,1-2H3,(H,28,32)(H,29,33)/p-1/t17?,20-/m1/s1. The Kier molecular flexibility index (Phi) is 6.37. The highest BCUT2D eigenvalue weighted by atomic mass is 32.1. The normalized spacial score (nSPS) is 21.7. The minimum atomic E-state index is -0.402. The van der Waals surface area contributed by atoms with Crippen LogP contribution in [0.15, 0.2) is 29.3 Å². The molecule has 3 N–H and O–H groups in total. The zero-order valence-electron chi connectivity index (χ0n) is 19.2. The van der Waals surface area contributed by atoms with Crippen molar-refractivity contribution in [3.63, 3.8) is 0 Å². The lowest BCUT2D eigenvalue weighted by Crippen LogP contribution is -2.53. The molecule has 34 heavy (non-hydrogen) atoms. The summed E-state index contributed by atoms with van der Waals surface area (Å²) in [6.07, 6.45) is 1.48. The quantitative estimate of drug-likeness (QED) is 0.379. The molecule has 2 aliphatic rings. The highest BCUT2D eigenvalue weighted by Gasteiger charge is 2.29. The fourth-order valence-electron chi connectivity index (χ4n) is 4.57. The van der Waals surface area contributed by atoms with Crippen molar-refractivity contribution in [2.24, 2.45) is 4.99 Å². The minimum Gasteiger partial charge on any atom is -0.857 e. The summed E-state index contributed by atoms with van der Waals surface area (Å²) in [6, 6.07) is 5.72. The summed E-state index contributed by atoms with van der Waals surface area (Å²) in [5.74, 6) is -0.983. The molecule has 1 fully saturated rings. The number of fused-ring (bicyclic) bond motifs is 2. The van der Waals surface area contributed by atoms with Gasteiger partial charge in [-0.15, -0.1) is 11.3 Å². The molecule has 180 valence electrons. The lowest BCUT2D eigenvalue weighted by Gasteiger charge is -2.31. The second-order valence-corrected chi connectivity index (χ2v) is 10.3. The summed E-state index contributed by atoms with van der Waals surface area (Å²) in [5, 5.41) is 20.2. The molecule has 0 aliphatic carbocycles. The van der Waals surface area contributed by atoms with E-state index in [9.17, 15) is 14.3 Å². The number of rotatable bonds is 5. The van der Waals surface area contributed by atoms with Crippen molar-refractivity contribution in [1.29, 1.82) is 0 Å². The van der Waals surface area contributed by atoms with Crippen LogP contribution in [0, 0.1) is 5.82 Å². The molecule has 2 atom stereocenters. The van der Waals surface area contributed by atoms with Gasteiger partial charge in [-0.25, -0.2) is 9.37 Å². The number of carbonyl (C=O) groups excluding carboxylic acids is 1. The summed E-state index contributed by atoms with van der Waals surface area (Å²) in [4.78, 5) is 28.6. The van der Waals surface area contributed by atoms with Gasteiger partial charge in [0.2, 0.25) is 0 Å². The summed E-state index contributed by atoms with van der Waals surface area (Å²) >= 11 is 1.45. The van der Waals surface area contributed by atoms with Crippen molar-refractivity contribution in [3.8, 4) is 0 Å². The van der Waals surface area contributed by atoms with Crippen molar-refractivity contribution in [2.75, 3.05) is 19.6 Å². The highest BCUT2D eigenvalue weighted by Crippen LogP contribution is 2.26. The van der Waals surface area contributed by atoms with E-state index >= 15 is 0 Å². The second-order valence-electron chi connectivity index (χ2n) is 9.19. The number of nitrogens with one attached hydrogen (secondary N) is 3. The van der Waals surface area contributed by atoms with Gasteiger partial charge in [-0.2, -0.15) is 0 Å². The third kappa shape index (κ3) is 4.70. The molecule has 8 nitrogen and oxygen atoms in total. The molecule has 0 radical (unpaired) electrons. The molecule has 5 rings (SSSR count). The lowest BCUT2D eigenvalue weighted by molar-refractivity contribution is -0.214. The van der Waals surface area contributed by atoms with Gasteiger partial charge in [0, 0.05) is 59.5 Å². The summed E-state index contributed by atoms with van der Waals surface area (Å²) in [6.45, 7) is 7.36. The Morgan fingerprint density at radius 2 is 2.24 bits per heavy atom. The van der Waals surface area contributed by atoms with E-state index in [0.29, 0.717) is 47.2 Å². The Morgan fingerprint density at radius 1 is 1.38 bits per heavy atom. The maximum atomic E-state index is 13.5. The van der Waals surface area contributed by atoms with Gasteiger partial charge in [0.1, 0.15) is 5.82 Å². The van der Waals surface area contributed by atoms with Crippen molar-refractivity contribution < 1.29 is 14.3 Å². The molecule has 10 heteroatoms. The van der Waals surface area contributed by atoms with Crippen molar-refractivity contribution in [2.45, 2.75) is 51.4 Å². The molecule has 3 aromatic rings. The van der Waals surface area contributed by atoms with E-state index in [1.807, 2.05) is 0 Å². The van der Waals surface area contributed by atoms with E-state index in [1.165, 1.54) is 23.5 Å². The van der Waals surface area contributed by atoms with Gasteiger partial charge in [-0.1, -0.05) is 0 Å². The number of nitrogens with zero attached hydrogens (tertiary/aromatic N) is 3. The lowest BCUT2D eigenvalue weighted by atomic mass is 10.0. The number of hydrogen-bond acceptors (Lipinski definition) is 7. The van der Waals surface area contributed by atoms with Crippen LogP contribution in [0.25, 0.3) is 10.9 Å². The summed E-state index contributed by atoms with van der Waals surface area (Å²) < 4.78 is 13.5. The Hall–Kier alpha value is -2.82. The molecule has 1 amide bonds. The van der Waals surface area contributed by atoms with Crippen LogP contribution in [-0.2, 0) is 13.0 Å². The number of aromatic amines is 1. The maximum absolute atomic E-state index is 13.5. The zero-order chi connectivity index (χ0) is 23.8. The second kappa shape index (κ2) is 9.44. The predicted octanol–water partition coefficient (Wildman–Crippen LogP) is 1.80. The number of thiazole rings is 1. The Morgan fingerprint density at radius 3 is 3.06 bits per heavy atom. The molecule has 0 bridgehead atoms. The number of carbonyl (C=O) groups is 1. The Labute approximate surface area is 201 Å². The van der Waals surface area contributed by atoms with Crippen LogP contribution < -0.4 is 15.7 Å². The molecule has 2 aliphatic heterocycles. The maximum Gasteiger partial charge on any atom is 0.280 e. The molecule has 1 unspecified atom stereocenters. The summed E-state index contributed by atoms with van der Waals surface area (Å²) in [5.41, 5.74) is 2.01. The van der Waals surface area contributed by atoms with Gasteiger partial charge in [-0.05, 0) is 51.1 Å². The Bertz CT molecular complexity index is 1240. The topological polar surface area (TPSA) is 108 Å². The first-order chi connectivity index (χ1) is 16.4. The number of halogens is 1. The molecule has 1 aromatic carbocycles. The van der Waals surface area contributed by atoms with E-state index in [4.69, 9.17) is 0 Å². The van der Waals surface area contributed by atoms with Gasteiger partial charge >= 0.3 is 0 Å². The largest absolute Gasteiger partial charge is 0.857 e. The first kappa shape index (κ1) is 22.9. The predicted molar refractivity (Wildman–Crippen MR) is 129 cm³/mol. The first-order valence-electron chi connectivity index (χ1n) is 11.6. The van der Waals surface area contributed by atoms with Crippen LogP contribution in [0.1, 0.15) is 46.3 Å². The average Bonchev–Trinajstić information content (AvgIpc) is 3.43. The van der Waals surface area contributed by atoms with Crippen LogP contribution in [-0.4, -0.2) is 64.4 Å². The SMILES string of the molecule is CC(C)N1CCc2nc(C(=O)N[C@@H]3CNCCC3N=C([O-])c3cc4cc(F)ccc4[nH]3)sc2C1. The fraction of sp³-hybridized carbons (Fsp3) is 0.458. The number of benzene rings is 1. The van der Waals surface area contributed by atoms with Gasteiger partial charge < -0.3 is 20.7 Å². The number of hydrogen-bond donors (Lipinski definition) is 3. The molecule has 0 saturated carbocycles. The smallest absolute Gasteiger partial charge is 0.280 e. The third-order valence-electron chi connectivity index (χ3n) is 6.54. The number of aliphatic imine (C=N–C) groups is 1. The van der Waals surface area contributed by atoms with Gasteiger partial charge in [0.05, 0.1) is 17.8 Å².